The number of likely N-dealkylation sites (tertiary alicyclic amines) is 1. The molecule has 6 heteroatoms. The summed E-state index contributed by atoms with van der Waals surface area (Å²) >= 11 is 0. The van der Waals surface area contributed by atoms with E-state index in [0.29, 0.717) is 29.9 Å². The quantitative estimate of drug-likeness (QED) is 0.912. The molecule has 1 amide bonds. The van der Waals surface area contributed by atoms with Crippen LogP contribution in [0.1, 0.15) is 18.9 Å². The lowest BCUT2D eigenvalue weighted by Crippen LogP contribution is -2.39. The highest BCUT2D eigenvalue weighted by atomic mass is 16.2. The van der Waals surface area contributed by atoms with E-state index in [-0.39, 0.29) is 24.1 Å². The molecule has 2 atom stereocenters. The average Bonchev–Trinajstić information content (AvgIpc) is 2.92. The third-order valence-electron chi connectivity index (χ3n) is 4.68. The molecule has 6 nitrogen and oxygen atoms in total. The second-order valence-corrected chi connectivity index (χ2v) is 6.38. The molecule has 1 aromatic carbocycles. The Hall–Kier alpha value is -2.21. The molecule has 1 saturated heterocycles. The summed E-state index contributed by atoms with van der Waals surface area (Å²) in [5, 5.41) is 0.551. The van der Waals surface area contributed by atoms with Gasteiger partial charge in [0.15, 0.2) is 0 Å². The van der Waals surface area contributed by atoms with Crippen molar-refractivity contribution in [2.24, 2.45) is 11.7 Å². The number of aryl methyl sites for hydroxylation is 1. The van der Waals surface area contributed by atoms with Gasteiger partial charge in [-0.1, -0.05) is 12.1 Å². The molecular formula is C17H22N4O2. The first kappa shape index (κ1) is 15.7. The summed E-state index contributed by atoms with van der Waals surface area (Å²) in [7, 11) is 0. The molecule has 3 rings (SSSR count). The van der Waals surface area contributed by atoms with Crippen molar-refractivity contribution in [3.8, 4) is 0 Å². The molecule has 1 fully saturated rings. The monoisotopic (exact) mass is 314 g/mol. The van der Waals surface area contributed by atoms with Gasteiger partial charge in [-0.3, -0.25) is 14.2 Å². The van der Waals surface area contributed by atoms with E-state index in [1.807, 2.05) is 30.9 Å². The lowest BCUT2D eigenvalue weighted by molar-refractivity contribution is -0.132. The molecule has 2 heterocycles. The minimum atomic E-state index is -0.172. The van der Waals surface area contributed by atoms with Gasteiger partial charge in [-0.05, 0) is 44.4 Å². The van der Waals surface area contributed by atoms with Crippen molar-refractivity contribution in [1.82, 2.24) is 14.5 Å². The second-order valence-electron chi connectivity index (χ2n) is 6.38. The van der Waals surface area contributed by atoms with E-state index < -0.39 is 0 Å². The minimum Gasteiger partial charge on any atom is -0.338 e. The van der Waals surface area contributed by atoms with E-state index in [0.717, 1.165) is 12.0 Å². The second kappa shape index (κ2) is 6.12. The minimum absolute atomic E-state index is 0.0251. The summed E-state index contributed by atoms with van der Waals surface area (Å²) in [4.78, 5) is 31.3. The van der Waals surface area contributed by atoms with Gasteiger partial charge in [-0.2, -0.15) is 0 Å². The smallest absolute Gasteiger partial charge is 0.261 e. The summed E-state index contributed by atoms with van der Waals surface area (Å²) in [6.07, 6.45) is 2.39. The van der Waals surface area contributed by atoms with Gasteiger partial charge in [-0.25, -0.2) is 4.98 Å². The Bertz CT molecular complexity index is 799. The Labute approximate surface area is 134 Å². The van der Waals surface area contributed by atoms with E-state index >= 15 is 0 Å². The molecule has 1 aromatic heterocycles. The fourth-order valence-electron chi connectivity index (χ4n) is 3.35. The van der Waals surface area contributed by atoms with Crippen molar-refractivity contribution >= 4 is 16.8 Å². The number of amides is 1. The van der Waals surface area contributed by atoms with Crippen molar-refractivity contribution in [2.45, 2.75) is 32.9 Å². The lowest BCUT2D eigenvalue weighted by atomic mass is 10.1. The molecule has 122 valence electrons. The van der Waals surface area contributed by atoms with E-state index in [4.69, 9.17) is 5.73 Å². The normalized spacial score (nSPS) is 21.1. The van der Waals surface area contributed by atoms with Gasteiger partial charge in [0, 0.05) is 12.6 Å². The molecule has 0 radical (unpaired) electrons. The van der Waals surface area contributed by atoms with Crippen molar-refractivity contribution in [3.05, 3.63) is 40.4 Å². The van der Waals surface area contributed by atoms with Gasteiger partial charge >= 0.3 is 0 Å². The highest BCUT2D eigenvalue weighted by molar-refractivity contribution is 5.81. The predicted molar refractivity (Wildman–Crippen MR) is 89.1 cm³/mol. The van der Waals surface area contributed by atoms with E-state index in [2.05, 4.69) is 4.98 Å². The molecule has 0 bridgehead atoms. The fraction of sp³-hybridized carbons (Fsp3) is 0.471. The van der Waals surface area contributed by atoms with Gasteiger partial charge in [0.25, 0.3) is 5.56 Å². The maximum absolute atomic E-state index is 12.6. The van der Waals surface area contributed by atoms with Crippen LogP contribution in [0.2, 0.25) is 0 Å². The van der Waals surface area contributed by atoms with E-state index in [1.54, 1.807) is 6.07 Å². The number of hydrogen-bond acceptors (Lipinski definition) is 4. The van der Waals surface area contributed by atoms with Crippen LogP contribution >= 0.6 is 0 Å². The first-order valence-corrected chi connectivity index (χ1v) is 7.95. The molecule has 1 aliphatic heterocycles. The Morgan fingerprint density at radius 3 is 2.91 bits per heavy atom. The van der Waals surface area contributed by atoms with Crippen molar-refractivity contribution in [3.63, 3.8) is 0 Å². The number of carbonyl (C=O) groups is 1. The van der Waals surface area contributed by atoms with Crippen LogP contribution in [-0.4, -0.2) is 39.5 Å². The summed E-state index contributed by atoms with van der Waals surface area (Å²) < 4.78 is 1.40. The number of hydrogen-bond donors (Lipinski definition) is 1. The van der Waals surface area contributed by atoms with E-state index in [9.17, 15) is 9.59 Å². The molecule has 23 heavy (non-hydrogen) atoms. The van der Waals surface area contributed by atoms with Crippen LogP contribution in [0.4, 0.5) is 0 Å². The predicted octanol–water partition coefficient (Wildman–Crippen LogP) is 0.901. The average molecular weight is 314 g/mol. The number of para-hydroxylation sites is 1. The number of rotatable bonds is 3. The van der Waals surface area contributed by atoms with Crippen LogP contribution in [0, 0.1) is 12.8 Å². The van der Waals surface area contributed by atoms with Crippen LogP contribution in [0.5, 0.6) is 0 Å². The van der Waals surface area contributed by atoms with Crippen molar-refractivity contribution in [1.29, 1.82) is 0 Å². The third-order valence-corrected chi connectivity index (χ3v) is 4.68. The number of nitrogens with zero attached hydrogens (tertiary/aromatic N) is 3. The Morgan fingerprint density at radius 2 is 2.22 bits per heavy atom. The molecule has 0 saturated carbocycles. The standard InChI is InChI=1S/C17H22N4O2/c1-11-4-3-5-14-16(11)19-10-20(17(14)23)9-15(22)21-8-13(7-18)6-12(21)2/h3-5,10,12-13H,6-9,18H2,1-2H3. The Morgan fingerprint density at radius 1 is 1.43 bits per heavy atom. The summed E-state index contributed by atoms with van der Waals surface area (Å²) in [6, 6.07) is 5.67. The largest absolute Gasteiger partial charge is 0.338 e. The van der Waals surface area contributed by atoms with Crippen LogP contribution in [0.25, 0.3) is 10.9 Å². The van der Waals surface area contributed by atoms with Crippen LogP contribution < -0.4 is 11.3 Å². The SMILES string of the molecule is Cc1cccc2c(=O)n(CC(=O)N3CC(CN)CC3C)cnc12. The summed E-state index contributed by atoms with van der Waals surface area (Å²) in [6.45, 7) is 5.23. The summed E-state index contributed by atoms with van der Waals surface area (Å²) in [5.74, 6) is 0.299. The molecule has 0 aliphatic carbocycles. The maximum Gasteiger partial charge on any atom is 0.261 e. The van der Waals surface area contributed by atoms with Gasteiger partial charge in [0.1, 0.15) is 6.54 Å². The van der Waals surface area contributed by atoms with E-state index in [1.165, 1.54) is 10.9 Å². The van der Waals surface area contributed by atoms with Gasteiger partial charge < -0.3 is 10.6 Å². The number of fused-ring (bicyclic) bond motifs is 1. The highest BCUT2D eigenvalue weighted by Crippen LogP contribution is 2.22. The molecule has 2 N–H and O–H groups in total. The zero-order valence-corrected chi connectivity index (χ0v) is 13.5. The first-order valence-electron chi connectivity index (χ1n) is 7.95. The van der Waals surface area contributed by atoms with Crippen LogP contribution in [0.3, 0.4) is 0 Å². The van der Waals surface area contributed by atoms with Crippen LogP contribution in [-0.2, 0) is 11.3 Å². The molecule has 2 unspecified atom stereocenters. The Kier molecular flexibility index (Phi) is 4.17. The Balaban J connectivity index is 1.86. The number of benzene rings is 1. The van der Waals surface area contributed by atoms with Gasteiger partial charge in [0.05, 0.1) is 17.2 Å². The summed E-state index contributed by atoms with van der Waals surface area (Å²) in [5.41, 5.74) is 7.19. The zero-order chi connectivity index (χ0) is 16.6. The number of carbonyl (C=O) groups excluding carboxylic acids is 1. The van der Waals surface area contributed by atoms with Crippen LogP contribution in [0.15, 0.2) is 29.3 Å². The molecule has 0 spiro atoms. The van der Waals surface area contributed by atoms with Gasteiger partial charge in [-0.15, -0.1) is 0 Å². The van der Waals surface area contributed by atoms with Crippen molar-refractivity contribution < 1.29 is 4.79 Å². The molecular weight excluding hydrogens is 292 g/mol. The third kappa shape index (κ3) is 2.86. The maximum atomic E-state index is 12.6. The number of nitrogens with two attached hydrogens (primary N) is 1. The molecule has 2 aromatic rings. The molecule has 1 aliphatic rings. The first-order chi connectivity index (χ1) is 11.0. The van der Waals surface area contributed by atoms with Crippen molar-refractivity contribution in [2.75, 3.05) is 13.1 Å². The topological polar surface area (TPSA) is 81.2 Å². The highest BCUT2D eigenvalue weighted by Gasteiger charge is 2.31. The van der Waals surface area contributed by atoms with Gasteiger partial charge in [0.2, 0.25) is 5.91 Å². The lowest BCUT2D eigenvalue weighted by Gasteiger charge is -2.22. The number of aromatic nitrogens is 2. The zero-order valence-electron chi connectivity index (χ0n) is 13.5. The fourth-order valence-corrected chi connectivity index (χ4v) is 3.35.